The molecule has 1 atom stereocenters. The maximum absolute atomic E-state index is 12.5. The van der Waals surface area contributed by atoms with Crippen LogP contribution in [0.1, 0.15) is 41.6 Å². The molecule has 1 aromatic heterocycles. The second-order valence-corrected chi connectivity index (χ2v) is 6.65. The van der Waals surface area contributed by atoms with Crippen molar-refractivity contribution in [2.24, 2.45) is 0 Å². The van der Waals surface area contributed by atoms with Crippen LogP contribution in [-0.4, -0.2) is 39.2 Å². The summed E-state index contributed by atoms with van der Waals surface area (Å²) in [6, 6.07) is 8.26. The van der Waals surface area contributed by atoms with Gasteiger partial charge in [0, 0.05) is 32.5 Å². The number of H-pyrrole nitrogens is 1. The van der Waals surface area contributed by atoms with Crippen molar-refractivity contribution in [3.63, 3.8) is 0 Å². The van der Waals surface area contributed by atoms with Crippen molar-refractivity contribution in [2.75, 3.05) is 13.1 Å². The Morgan fingerprint density at radius 1 is 1.42 bits per heavy atom. The molecule has 0 radical (unpaired) electrons. The summed E-state index contributed by atoms with van der Waals surface area (Å²) in [4.78, 5) is 22.2. The Morgan fingerprint density at radius 3 is 3.00 bits per heavy atom. The maximum Gasteiger partial charge on any atom is 0.255 e. The van der Waals surface area contributed by atoms with Crippen LogP contribution in [0.25, 0.3) is 0 Å². The highest BCUT2D eigenvalue weighted by atomic mass is 16.3. The second-order valence-electron chi connectivity index (χ2n) is 6.65. The molecular weight excluding hydrogens is 302 g/mol. The highest BCUT2D eigenvalue weighted by Gasteiger charge is 2.22. The third-order valence-corrected chi connectivity index (χ3v) is 4.59. The Morgan fingerprint density at radius 2 is 2.25 bits per heavy atom. The number of rotatable bonds is 5. The first-order valence-electron chi connectivity index (χ1n) is 8.62. The van der Waals surface area contributed by atoms with Crippen LogP contribution in [0.2, 0.25) is 0 Å². The van der Waals surface area contributed by atoms with Gasteiger partial charge in [-0.15, -0.1) is 0 Å². The smallest absolute Gasteiger partial charge is 0.255 e. The highest BCUT2D eigenvalue weighted by Crippen LogP contribution is 2.15. The Kier molecular flexibility index (Phi) is 5.11. The van der Waals surface area contributed by atoms with Crippen molar-refractivity contribution >= 4 is 0 Å². The first-order chi connectivity index (χ1) is 11.5. The molecule has 0 unspecified atom stereocenters. The molecule has 3 rings (SSSR count). The van der Waals surface area contributed by atoms with Gasteiger partial charge in [-0.1, -0.05) is 36.8 Å². The van der Waals surface area contributed by atoms with E-state index in [0.29, 0.717) is 19.5 Å². The fourth-order valence-electron chi connectivity index (χ4n) is 3.21. The van der Waals surface area contributed by atoms with E-state index >= 15 is 0 Å². The van der Waals surface area contributed by atoms with E-state index in [1.54, 1.807) is 0 Å². The van der Waals surface area contributed by atoms with Crippen molar-refractivity contribution in [3.8, 4) is 0 Å². The minimum absolute atomic E-state index is 0.0432. The third kappa shape index (κ3) is 3.91. The topological polar surface area (TPSA) is 69.2 Å². The Balaban J connectivity index is 1.78. The number of aliphatic hydroxyl groups excluding tert-OH is 1. The van der Waals surface area contributed by atoms with E-state index in [0.717, 1.165) is 42.0 Å². The van der Waals surface area contributed by atoms with Crippen molar-refractivity contribution in [3.05, 3.63) is 62.8 Å². The molecule has 0 aliphatic carbocycles. The maximum atomic E-state index is 12.5. The summed E-state index contributed by atoms with van der Waals surface area (Å²) < 4.78 is 0. The predicted octanol–water partition coefficient (Wildman–Crippen LogP) is 1.80. The SMILES string of the molecule is CC[C@H](O)CN1CCc2nc(Cc3cccc(C)c3)[nH]c(=O)c2C1. The first kappa shape index (κ1) is 16.9. The first-order valence-corrected chi connectivity index (χ1v) is 8.62. The molecule has 0 spiro atoms. The minimum Gasteiger partial charge on any atom is -0.392 e. The summed E-state index contributed by atoms with van der Waals surface area (Å²) in [5.41, 5.74) is 3.97. The van der Waals surface area contributed by atoms with E-state index in [4.69, 9.17) is 0 Å². The lowest BCUT2D eigenvalue weighted by atomic mass is 10.0. The summed E-state index contributed by atoms with van der Waals surface area (Å²) in [7, 11) is 0. The highest BCUT2D eigenvalue weighted by molar-refractivity contribution is 5.27. The summed E-state index contributed by atoms with van der Waals surface area (Å²) in [5.74, 6) is 0.728. The standard InChI is InChI=1S/C19H25N3O2/c1-3-15(23)11-22-8-7-17-16(12-22)19(24)21-18(20-17)10-14-6-4-5-13(2)9-14/h4-6,9,15,23H,3,7-8,10-12H2,1-2H3,(H,20,21,24)/t15-/m0/s1. The molecule has 0 fully saturated rings. The average Bonchev–Trinajstić information content (AvgIpc) is 2.55. The van der Waals surface area contributed by atoms with Crippen LogP contribution < -0.4 is 5.56 Å². The van der Waals surface area contributed by atoms with E-state index in [2.05, 4.69) is 40.0 Å². The van der Waals surface area contributed by atoms with Crippen molar-refractivity contribution in [1.82, 2.24) is 14.9 Å². The molecule has 0 bridgehead atoms. The van der Waals surface area contributed by atoms with Gasteiger partial charge >= 0.3 is 0 Å². The Hall–Kier alpha value is -1.98. The van der Waals surface area contributed by atoms with E-state index in [9.17, 15) is 9.90 Å². The number of aromatic amines is 1. The van der Waals surface area contributed by atoms with Gasteiger partial charge in [0.1, 0.15) is 5.82 Å². The predicted molar refractivity (Wildman–Crippen MR) is 94.1 cm³/mol. The second kappa shape index (κ2) is 7.28. The van der Waals surface area contributed by atoms with Crippen molar-refractivity contribution in [2.45, 2.75) is 45.8 Å². The number of hydrogen-bond donors (Lipinski definition) is 2. The molecular formula is C19H25N3O2. The van der Waals surface area contributed by atoms with Crippen LogP contribution in [0, 0.1) is 6.92 Å². The summed E-state index contributed by atoms with van der Waals surface area (Å²) in [5, 5.41) is 9.81. The molecule has 24 heavy (non-hydrogen) atoms. The van der Waals surface area contributed by atoms with Gasteiger partial charge in [0.05, 0.1) is 17.4 Å². The van der Waals surface area contributed by atoms with Gasteiger partial charge in [-0.3, -0.25) is 9.69 Å². The number of aromatic nitrogens is 2. The van der Waals surface area contributed by atoms with E-state index in [-0.39, 0.29) is 11.7 Å². The monoisotopic (exact) mass is 327 g/mol. The van der Waals surface area contributed by atoms with Crippen molar-refractivity contribution < 1.29 is 5.11 Å². The number of β-amino-alcohol motifs (C(OH)–C–C–N with tert-alkyl or cyclic N) is 1. The summed E-state index contributed by atoms with van der Waals surface area (Å²) in [6.07, 6.45) is 1.80. The summed E-state index contributed by atoms with van der Waals surface area (Å²) in [6.45, 7) is 6.05. The molecule has 0 saturated carbocycles. The van der Waals surface area contributed by atoms with Crippen LogP contribution in [0.5, 0.6) is 0 Å². The fraction of sp³-hybridized carbons (Fsp3) is 0.474. The summed E-state index contributed by atoms with van der Waals surface area (Å²) >= 11 is 0. The lowest BCUT2D eigenvalue weighted by Gasteiger charge is -2.29. The van der Waals surface area contributed by atoms with Crippen LogP contribution in [0.4, 0.5) is 0 Å². The lowest BCUT2D eigenvalue weighted by Crippen LogP contribution is -2.40. The van der Waals surface area contributed by atoms with Crippen LogP contribution in [0.15, 0.2) is 29.1 Å². The quantitative estimate of drug-likeness (QED) is 0.878. The molecule has 2 N–H and O–H groups in total. The molecule has 2 aromatic rings. The molecule has 5 nitrogen and oxygen atoms in total. The molecule has 1 aromatic carbocycles. The number of aryl methyl sites for hydroxylation is 1. The zero-order valence-electron chi connectivity index (χ0n) is 14.4. The van der Waals surface area contributed by atoms with Gasteiger partial charge in [-0.25, -0.2) is 4.98 Å². The number of fused-ring (bicyclic) bond motifs is 1. The molecule has 1 aliphatic rings. The van der Waals surface area contributed by atoms with Gasteiger partial charge in [0.2, 0.25) is 0 Å². The minimum atomic E-state index is -0.334. The van der Waals surface area contributed by atoms with Gasteiger partial charge < -0.3 is 10.1 Å². The van der Waals surface area contributed by atoms with Crippen LogP contribution in [0.3, 0.4) is 0 Å². The molecule has 5 heteroatoms. The van der Waals surface area contributed by atoms with Crippen molar-refractivity contribution in [1.29, 1.82) is 0 Å². The van der Waals surface area contributed by atoms with Crippen LogP contribution >= 0.6 is 0 Å². The van der Waals surface area contributed by atoms with E-state index < -0.39 is 0 Å². The average molecular weight is 327 g/mol. The lowest BCUT2D eigenvalue weighted by molar-refractivity contribution is 0.102. The molecule has 0 amide bonds. The number of benzene rings is 1. The fourth-order valence-corrected chi connectivity index (χ4v) is 3.21. The van der Waals surface area contributed by atoms with Crippen LogP contribution in [-0.2, 0) is 19.4 Å². The third-order valence-electron chi connectivity index (χ3n) is 4.59. The molecule has 128 valence electrons. The van der Waals surface area contributed by atoms with Gasteiger partial charge in [-0.05, 0) is 18.9 Å². The van der Waals surface area contributed by atoms with Gasteiger partial charge in [0.25, 0.3) is 5.56 Å². The molecule has 0 saturated heterocycles. The van der Waals surface area contributed by atoms with Gasteiger partial charge in [0.15, 0.2) is 0 Å². The zero-order chi connectivity index (χ0) is 17.1. The largest absolute Gasteiger partial charge is 0.392 e. The number of hydrogen-bond acceptors (Lipinski definition) is 4. The Bertz CT molecular complexity index is 769. The number of nitrogens with zero attached hydrogens (tertiary/aromatic N) is 2. The zero-order valence-corrected chi connectivity index (χ0v) is 14.4. The normalized spacial score (nSPS) is 16.0. The van der Waals surface area contributed by atoms with E-state index in [1.807, 2.05) is 13.0 Å². The number of nitrogens with one attached hydrogen (secondary N) is 1. The molecule has 2 heterocycles. The number of aliphatic hydroxyl groups is 1. The Labute approximate surface area is 142 Å². The van der Waals surface area contributed by atoms with E-state index in [1.165, 1.54) is 5.56 Å². The van der Waals surface area contributed by atoms with Gasteiger partial charge in [-0.2, -0.15) is 0 Å². The molecule has 1 aliphatic heterocycles.